The number of aryl methyl sites for hydroxylation is 3. The maximum Gasteiger partial charge on any atom is 0.137 e. The van der Waals surface area contributed by atoms with Crippen LogP contribution in [0.2, 0.25) is 0 Å². The molecule has 0 unspecified atom stereocenters. The van der Waals surface area contributed by atoms with Crippen molar-refractivity contribution in [2.75, 3.05) is 0 Å². The lowest BCUT2D eigenvalue weighted by atomic mass is 9.82. The maximum atomic E-state index is 6.49. The summed E-state index contributed by atoms with van der Waals surface area (Å²) < 4.78 is 10.7. The van der Waals surface area contributed by atoms with Crippen LogP contribution in [0.1, 0.15) is 56.4 Å². The van der Waals surface area contributed by atoms with Crippen LogP contribution in [-0.2, 0) is 11.8 Å². The number of hydrogen-bond acceptors (Lipinski definition) is 3. The van der Waals surface area contributed by atoms with E-state index in [4.69, 9.17) is 14.8 Å². The van der Waals surface area contributed by atoms with Gasteiger partial charge in [0, 0.05) is 40.9 Å². The molecule has 0 fully saturated rings. The van der Waals surface area contributed by atoms with Crippen LogP contribution in [0.3, 0.4) is 0 Å². The van der Waals surface area contributed by atoms with Crippen molar-refractivity contribution < 1.29 is 4.74 Å². The highest BCUT2D eigenvalue weighted by atomic mass is 16.5. The molecule has 0 spiro atoms. The van der Waals surface area contributed by atoms with E-state index in [1.165, 1.54) is 33.2 Å². The lowest BCUT2D eigenvalue weighted by Crippen LogP contribution is -2.12. The minimum Gasteiger partial charge on any atom is -0.457 e. The number of hydrogen-bond donors (Lipinski definition) is 0. The molecule has 7 aromatic rings. The molecule has 0 bridgehead atoms. The Hall–Kier alpha value is -5.16. The second-order valence-electron chi connectivity index (χ2n) is 13.3. The third-order valence-electron chi connectivity index (χ3n) is 8.77. The molecular formula is C41H40N4O. The SMILES string of the molecule is CCCc1cc(C(C)(C)C)cc(C)c1-c1cnn(-c2cccc(Oc3ccc4c5ccccc5n(-c5cc(C)ccn5)c4c3)c2)c1. The number of para-hydroxylation sites is 1. The average molecular weight is 605 g/mol. The molecule has 3 aromatic heterocycles. The van der Waals surface area contributed by atoms with Gasteiger partial charge in [-0.25, -0.2) is 9.67 Å². The van der Waals surface area contributed by atoms with E-state index in [9.17, 15) is 0 Å². The molecule has 4 aromatic carbocycles. The van der Waals surface area contributed by atoms with Gasteiger partial charge in [-0.1, -0.05) is 70.5 Å². The van der Waals surface area contributed by atoms with Crippen LogP contribution in [0, 0.1) is 13.8 Å². The number of nitrogens with zero attached hydrogens (tertiary/aromatic N) is 4. The molecule has 0 aliphatic carbocycles. The number of rotatable bonds is 7. The summed E-state index contributed by atoms with van der Waals surface area (Å²) in [5.74, 6) is 2.41. The molecule has 5 nitrogen and oxygen atoms in total. The predicted octanol–water partition coefficient (Wildman–Crippen LogP) is 10.7. The van der Waals surface area contributed by atoms with Gasteiger partial charge in [0.2, 0.25) is 0 Å². The Kier molecular flexibility index (Phi) is 7.48. The van der Waals surface area contributed by atoms with Crippen LogP contribution >= 0.6 is 0 Å². The topological polar surface area (TPSA) is 44.9 Å². The standard InChI is InChI=1S/C41H40N4O/c1-7-11-29-22-31(41(4,5)6)21-28(3)40(29)30-25-43-44(26-30)32-12-10-13-33(23-32)46-34-16-17-36-35-14-8-9-15-37(35)45(38(36)24-34)39-20-27(2)18-19-42-39/h8-10,12-26H,7,11H2,1-6H3. The number of aromatic nitrogens is 4. The monoisotopic (exact) mass is 604 g/mol. The molecule has 0 saturated heterocycles. The summed E-state index contributed by atoms with van der Waals surface area (Å²) in [6.45, 7) is 13.4. The molecule has 5 heteroatoms. The Labute approximate surface area is 271 Å². The van der Waals surface area contributed by atoms with Gasteiger partial charge in [0.25, 0.3) is 0 Å². The maximum absolute atomic E-state index is 6.49. The Morgan fingerprint density at radius 2 is 1.59 bits per heavy atom. The number of benzene rings is 4. The Morgan fingerprint density at radius 3 is 2.39 bits per heavy atom. The molecule has 3 heterocycles. The van der Waals surface area contributed by atoms with E-state index in [1.54, 1.807) is 0 Å². The number of ether oxygens (including phenoxy) is 1. The second-order valence-corrected chi connectivity index (χ2v) is 13.3. The van der Waals surface area contributed by atoms with Crippen LogP contribution in [0.5, 0.6) is 11.5 Å². The fraction of sp³-hybridized carbons (Fsp3) is 0.220. The van der Waals surface area contributed by atoms with Gasteiger partial charge >= 0.3 is 0 Å². The molecule has 46 heavy (non-hydrogen) atoms. The first-order chi connectivity index (χ1) is 22.2. The molecule has 230 valence electrons. The molecule has 0 saturated carbocycles. The summed E-state index contributed by atoms with van der Waals surface area (Å²) in [6, 6.07) is 31.7. The van der Waals surface area contributed by atoms with E-state index in [2.05, 4.69) is 113 Å². The molecule has 0 amide bonds. The van der Waals surface area contributed by atoms with Gasteiger partial charge in [0.1, 0.15) is 17.3 Å². The van der Waals surface area contributed by atoms with Crippen molar-refractivity contribution in [1.29, 1.82) is 0 Å². The van der Waals surface area contributed by atoms with Crippen LogP contribution in [0.4, 0.5) is 0 Å². The molecular weight excluding hydrogens is 564 g/mol. The molecule has 0 radical (unpaired) electrons. The third kappa shape index (κ3) is 5.47. The zero-order valence-corrected chi connectivity index (χ0v) is 27.5. The summed E-state index contributed by atoms with van der Waals surface area (Å²) in [4.78, 5) is 4.71. The van der Waals surface area contributed by atoms with E-state index in [-0.39, 0.29) is 5.41 Å². The Balaban J connectivity index is 1.23. The fourth-order valence-corrected chi connectivity index (χ4v) is 6.49. The Morgan fingerprint density at radius 1 is 0.783 bits per heavy atom. The number of fused-ring (bicyclic) bond motifs is 3. The van der Waals surface area contributed by atoms with Crippen molar-refractivity contribution in [1.82, 2.24) is 19.3 Å². The van der Waals surface area contributed by atoms with Gasteiger partial charge < -0.3 is 4.74 Å². The van der Waals surface area contributed by atoms with Gasteiger partial charge in [-0.3, -0.25) is 4.57 Å². The molecule has 7 rings (SSSR count). The summed E-state index contributed by atoms with van der Waals surface area (Å²) in [5.41, 5.74) is 10.9. The summed E-state index contributed by atoms with van der Waals surface area (Å²) in [5, 5.41) is 7.15. The van der Waals surface area contributed by atoms with Crippen molar-refractivity contribution in [2.24, 2.45) is 0 Å². The highest BCUT2D eigenvalue weighted by Gasteiger charge is 2.19. The van der Waals surface area contributed by atoms with Crippen molar-refractivity contribution in [3.05, 3.63) is 132 Å². The number of pyridine rings is 1. The highest BCUT2D eigenvalue weighted by molar-refractivity contribution is 6.09. The lowest BCUT2D eigenvalue weighted by molar-refractivity contribution is 0.483. The first kappa shape index (κ1) is 29.5. The molecule has 0 aliphatic rings. The minimum absolute atomic E-state index is 0.106. The van der Waals surface area contributed by atoms with Crippen LogP contribution in [-0.4, -0.2) is 19.3 Å². The van der Waals surface area contributed by atoms with E-state index in [1.807, 2.05) is 47.4 Å². The molecule has 0 N–H and O–H groups in total. The van der Waals surface area contributed by atoms with Crippen LogP contribution < -0.4 is 4.74 Å². The average Bonchev–Trinajstić information content (AvgIpc) is 3.64. The largest absolute Gasteiger partial charge is 0.457 e. The van der Waals surface area contributed by atoms with Crippen molar-refractivity contribution >= 4 is 21.8 Å². The molecule has 0 aliphatic heterocycles. The van der Waals surface area contributed by atoms with Crippen LogP contribution in [0.15, 0.2) is 110 Å². The quantitative estimate of drug-likeness (QED) is 0.182. The first-order valence-electron chi connectivity index (χ1n) is 16.1. The van der Waals surface area contributed by atoms with Gasteiger partial charge in [-0.05, 0) is 96.0 Å². The van der Waals surface area contributed by atoms with Crippen molar-refractivity contribution in [2.45, 2.75) is 59.8 Å². The third-order valence-corrected chi connectivity index (χ3v) is 8.77. The van der Waals surface area contributed by atoms with Crippen molar-refractivity contribution in [3.8, 4) is 34.1 Å². The van der Waals surface area contributed by atoms with Gasteiger partial charge in [0.05, 0.1) is 22.9 Å². The van der Waals surface area contributed by atoms with E-state index in [0.717, 1.165) is 57.8 Å². The van der Waals surface area contributed by atoms with E-state index < -0.39 is 0 Å². The lowest BCUT2D eigenvalue weighted by Gasteiger charge is -2.23. The van der Waals surface area contributed by atoms with Gasteiger partial charge in [0.15, 0.2) is 0 Å². The first-order valence-corrected chi connectivity index (χ1v) is 16.1. The highest BCUT2D eigenvalue weighted by Crippen LogP contribution is 2.36. The Bertz CT molecular complexity index is 2210. The zero-order valence-electron chi connectivity index (χ0n) is 27.5. The zero-order chi connectivity index (χ0) is 32.0. The van der Waals surface area contributed by atoms with Crippen molar-refractivity contribution in [3.63, 3.8) is 0 Å². The second kappa shape index (κ2) is 11.6. The minimum atomic E-state index is 0.106. The summed E-state index contributed by atoms with van der Waals surface area (Å²) in [6.07, 6.45) is 8.12. The van der Waals surface area contributed by atoms with E-state index in [0.29, 0.717) is 0 Å². The smallest absolute Gasteiger partial charge is 0.137 e. The molecule has 0 atom stereocenters. The van der Waals surface area contributed by atoms with Gasteiger partial charge in [-0.15, -0.1) is 0 Å². The normalized spacial score (nSPS) is 11.9. The summed E-state index contributed by atoms with van der Waals surface area (Å²) >= 11 is 0. The van der Waals surface area contributed by atoms with Crippen LogP contribution in [0.25, 0.3) is 44.4 Å². The summed E-state index contributed by atoms with van der Waals surface area (Å²) in [7, 11) is 0. The predicted molar refractivity (Wildman–Crippen MR) is 190 cm³/mol. The fourth-order valence-electron chi connectivity index (χ4n) is 6.49. The van der Waals surface area contributed by atoms with Gasteiger partial charge in [-0.2, -0.15) is 5.10 Å². The van der Waals surface area contributed by atoms with E-state index >= 15 is 0 Å².